The maximum absolute atomic E-state index is 12.7. The summed E-state index contributed by atoms with van der Waals surface area (Å²) in [6.45, 7) is 0.508. The van der Waals surface area contributed by atoms with Crippen molar-refractivity contribution in [2.24, 2.45) is 0 Å². The smallest absolute Gasteiger partial charge is 0.261 e. The van der Waals surface area contributed by atoms with Gasteiger partial charge in [0.25, 0.3) is 15.9 Å². The molecule has 4 rings (SSSR count). The molecule has 3 aromatic rings. The van der Waals surface area contributed by atoms with Crippen LogP contribution >= 0.6 is 11.6 Å². The number of nitrogens with zero attached hydrogens (tertiary/aromatic N) is 1. The molecule has 1 fully saturated rings. The highest BCUT2D eigenvalue weighted by Gasteiger charge is 2.43. The molecule has 160 valence electrons. The first-order valence-corrected chi connectivity index (χ1v) is 11.5. The molecule has 0 aromatic heterocycles. The number of β-amino-alcohol motifs (C(OH)–C–C–N with tert-alkyl or cyclic N) is 1. The van der Waals surface area contributed by atoms with Crippen LogP contribution in [0.1, 0.15) is 15.9 Å². The van der Waals surface area contributed by atoms with Crippen LogP contribution < -0.4 is 4.72 Å². The third-order valence-corrected chi connectivity index (χ3v) is 6.74. The molecule has 0 saturated carbocycles. The molecule has 1 heterocycles. The average molecular weight is 457 g/mol. The summed E-state index contributed by atoms with van der Waals surface area (Å²) in [5.41, 5.74) is 0.852. The molecule has 3 aromatic carbocycles. The highest BCUT2D eigenvalue weighted by atomic mass is 35.5. The number of carbonyl (C=O) groups is 1. The molecular formula is C23H21ClN2O4S. The van der Waals surface area contributed by atoms with Crippen LogP contribution in [0.25, 0.3) is 0 Å². The van der Waals surface area contributed by atoms with E-state index in [1.54, 1.807) is 29.2 Å². The predicted molar refractivity (Wildman–Crippen MR) is 120 cm³/mol. The predicted octanol–water partition coefficient (Wildman–Crippen LogP) is 3.57. The first-order valence-electron chi connectivity index (χ1n) is 9.68. The minimum absolute atomic E-state index is 0.0541. The van der Waals surface area contributed by atoms with E-state index in [1.807, 2.05) is 30.3 Å². The van der Waals surface area contributed by atoms with Crippen LogP contribution in [0.3, 0.4) is 0 Å². The van der Waals surface area contributed by atoms with Crippen LogP contribution in [-0.4, -0.2) is 43.0 Å². The van der Waals surface area contributed by atoms with Gasteiger partial charge in [0.1, 0.15) is 5.60 Å². The molecule has 8 heteroatoms. The van der Waals surface area contributed by atoms with E-state index in [0.29, 0.717) is 22.7 Å². The lowest BCUT2D eigenvalue weighted by Gasteiger charge is -2.46. The average Bonchev–Trinajstić information content (AvgIpc) is 2.72. The van der Waals surface area contributed by atoms with Gasteiger partial charge in [-0.15, -0.1) is 0 Å². The second-order valence-corrected chi connectivity index (χ2v) is 9.81. The van der Waals surface area contributed by atoms with Gasteiger partial charge in [0.05, 0.1) is 18.0 Å². The molecule has 1 aliphatic heterocycles. The normalized spacial score (nSPS) is 15.2. The van der Waals surface area contributed by atoms with Gasteiger partial charge in [0, 0.05) is 22.7 Å². The standard InChI is InChI=1S/C23H21ClN2O4S/c24-19-7-4-8-21(13-19)31(29,30)25-20-11-9-18(10-12-20)22(27)26-15-23(28,16-26)14-17-5-2-1-3-6-17/h1-13,25,28H,14-16H2. The van der Waals surface area contributed by atoms with Crippen molar-refractivity contribution in [1.29, 1.82) is 0 Å². The van der Waals surface area contributed by atoms with Crippen molar-refractivity contribution in [2.75, 3.05) is 17.8 Å². The van der Waals surface area contributed by atoms with Gasteiger partial charge in [-0.3, -0.25) is 9.52 Å². The van der Waals surface area contributed by atoms with Crippen molar-refractivity contribution in [3.05, 3.63) is 95.0 Å². The number of nitrogens with one attached hydrogen (secondary N) is 1. The fraction of sp³-hybridized carbons (Fsp3) is 0.174. The van der Waals surface area contributed by atoms with Gasteiger partial charge >= 0.3 is 0 Å². The van der Waals surface area contributed by atoms with E-state index in [2.05, 4.69) is 4.72 Å². The number of hydrogen-bond acceptors (Lipinski definition) is 4. The lowest BCUT2D eigenvalue weighted by molar-refractivity contribution is -0.0799. The summed E-state index contributed by atoms with van der Waals surface area (Å²) in [7, 11) is -3.79. The molecule has 0 atom stereocenters. The van der Waals surface area contributed by atoms with Crippen molar-refractivity contribution in [3.63, 3.8) is 0 Å². The first kappa shape index (κ1) is 21.4. The lowest BCUT2D eigenvalue weighted by atomic mass is 9.86. The zero-order valence-electron chi connectivity index (χ0n) is 16.5. The number of halogens is 1. The molecule has 0 aliphatic carbocycles. The van der Waals surface area contributed by atoms with Crippen LogP contribution in [0, 0.1) is 0 Å². The van der Waals surface area contributed by atoms with E-state index in [9.17, 15) is 18.3 Å². The van der Waals surface area contributed by atoms with Crippen molar-refractivity contribution < 1.29 is 18.3 Å². The Hall–Kier alpha value is -2.87. The topological polar surface area (TPSA) is 86.7 Å². The molecule has 31 heavy (non-hydrogen) atoms. The molecule has 0 unspecified atom stereocenters. The lowest BCUT2D eigenvalue weighted by Crippen LogP contribution is -2.64. The molecule has 1 amide bonds. The Balaban J connectivity index is 1.38. The second-order valence-electron chi connectivity index (χ2n) is 7.69. The van der Waals surface area contributed by atoms with Crippen LogP contribution in [-0.2, 0) is 16.4 Å². The number of hydrogen-bond donors (Lipinski definition) is 2. The highest BCUT2D eigenvalue weighted by molar-refractivity contribution is 7.92. The molecule has 1 saturated heterocycles. The van der Waals surface area contributed by atoms with E-state index in [4.69, 9.17) is 11.6 Å². The van der Waals surface area contributed by atoms with Gasteiger partial charge in [-0.2, -0.15) is 0 Å². The third kappa shape index (κ3) is 4.90. The molecular weight excluding hydrogens is 436 g/mol. The largest absolute Gasteiger partial charge is 0.386 e. The maximum Gasteiger partial charge on any atom is 0.261 e. The Morgan fingerprint density at radius 1 is 1.00 bits per heavy atom. The first-order chi connectivity index (χ1) is 14.7. The van der Waals surface area contributed by atoms with Crippen molar-refractivity contribution >= 4 is 33.2 Å². The van der Waals surface area contributed by atoms with Gasteiger partial charge in [-0.25, -0.2) is 8.42 Å². The summed E-state index contributed by atoms with van der Waals surface area (Å²) in [5, 5.41) is 11.0. The van der Waals surface area contributed by atoms with E-state index >= 15 is 0 Å². The summed E-state index contributed by atoms with van der Waals surface area (Å²) >= 11 is 5.87. The summed E-state index contributed by atoms with van der Waals surface area (Å²) in [6.07, 6.45) is 0.488. The van der Waals surface area contributed by atoms with E-state index < -0.39 is 15.6 Å². The number of aliphatic hydroxyl groups is 1. The number of rotatable bonds is 6. The number of likely N-dealkylation sites (tertiary alicyclic amines) is 1. The van der Waals surface area contributed by atoms with Gasteiger partial charge in [0.2, 0.25) is 0 Å². The Bertz CT molecular complexity index is 1190. The van der Waals surface area contributed by atoms with Crippen molar-refractivity contribution in [2.45, 2.75) is 16.9 Å². The zero-order chi connectivity index (χ0) is 22.1. The number of carbonyl (C=O) groups excluding carboxylic acids is 1. The summed E-state index contributed by atoms with van der Waals surface area (Å²) in [5.74, 6) is -0.206. The molecule has 6 nitrogen and oxygen atoms in total. The Morgan fingerprint density at radius 3 is 2.32 bits per heavy atom. The number of sulfonamides is 1. The fourth-order valence-electron chi connectivity index (χ4n) is 3.61. The Morgan fingerprint density at radius 2 is 1.68 bits per heavy atom. The van der Waals surface area contributed by atoms with Gasteiger partial charge in [-0.1, -0.05) is 48.0 Å². The summed E-state index contributed by atoms with van der Waals surface area (Å²) in [4.78, 5) is 14.3. The molecule has 0 spiro atoms. The van der Waals surface area contributed by atoms with Crippen LogP contribution in [0.15, 0.2) is 83.8 Å². The van der Waals surface area contributed by atoms with Crippen molar-refractivity contribution in [1.82, 2.24) is 4.90 Å². The summed E-state index contributed by atoms with van der Waals surface area (Å²) in [6, 6.07) is 21.8. The van der Waals surface area contributed by atoms with Crippen LogP contribution in [0.5, 0.6) is 0 Å². The van der Waals surface area contributed by atoms with Gasteiger partial charge in [0.15, 0.2) is 0 Å². The fourth-order valence-corrected chi connectivity index (χ4v) is 4.97. The number of anilines is 1. The minimum atomic E-state index is -3.79. The molecule has 2 N–H and O–H groups in total. The third-order valence-electron chi connectivity index (χ3n) is 5.12. The number of amides is 1. The molecule has 1 aliphatic rings. The SMILES string of the molecule is O=C(c1ccc(NS(=O)(=O)c2cccc(Cl)c2)cc1)N1CC(O)(Cc2ccccc2)C1. The quantitative estimate of drug-likeness (QED) is 0.593. The second kappa shape index (κ2) is 8.34. The maximum atomic E-state index is 12.7. The summed E-state index contributed by atoms with van der Waals surface area (Å²) < 4.78 is 27.4. The van der Waals surface area contributed by atoms with Crippen LogP contribution in [0.4, 0.5) is 5.69 Å². The molecule has 0 radical (unpaired) electrons. The zero-order valence-corrected chi connectivity index (χ0v) is 18.1. The van der Waals surface area contributed by atoms with Gasteiger partial charge < -0.3 is 10.0 Å². The number of benzene rings is 3. The van der Waals surface area contributed by atoms with Crippen LogP contribution in [0.2, 0.25) is 5.02 Å². The van der Waals surface area contributed by atoms with E-state index in [0.717, 1.165) is 5.56 Å². The van der Waals surface area contributed by atoms with Crippen molar-refractivity contribution in [3.8, 4) is 0 Å². The highest BCUT2D eigenvalue weighted by Crippen LogP contribution is 2.27. The molecule has 0 bridgehead atoms. The monoisotopic (exact) mass is 456 g/mol. The van der Waals surface area contributed by atoms with E-state index in [1.165, 1.54) is 24.3 Å². The van der Waals surface area contributed by atoms with E-state index in [-0.39, 0.29) is 23.9 Å². The Labute approximate surface area is 186 Å². The minimum Gasteiger partial charge on any atom is -0.386 e. The van der Waals surface area contributed by atoms with Gasteiger partial charge in [-0.05, 0) is 48.0 Å². The Kier molecular flexibility index (Phi) is 5.75.